The first-order chi connectivity index (χ1) is 14.2. The van der Waals surface area contributed by atoms with E-state index in [1.165, 1.54) is 17.7 Å². The zero-order valence-corrected chi connectivity index (χ0v) is 17.6. The van der Waals surface area contributed by atoms with Crippen LogP contribution in [0, 0.1) is 0 Å². The number of benzene rings is 1. The molecule has 1 aliphatic rings. The van der Waals surface area contributed by atoms with Crippen molar-refractivity contribution in [2.24, 2.45) is 0 Å². The minimum Gasteiger partial charge on any atom is -0.340 e. The number of allylic oxidation sites excluding steroid dienone is 3. The molecule has 2 heterocycles. The second kappa shape index (κ2) is 10.8. The second-order valence-corrected chi connectivity index (χ2v) is 7.81. The summed E-state index contributed by atoms with van der Waals surface area (Å²) in [6, 6.07) is 10.6. The Kier molecular flexibility index (Phi) is 7.86. The first-order valence-corrected chi connectivity index (χ1v) is 10.5. The van der Waals surface area contributed by atoms with Gasteiger partial charge in [-0.2, -0.15) is 4.98 Å². The average molecular weight is 409 g/mol. The molecule has 0 radical (unpaired) electrons. The number of piperidine rings is 1. The maximum absolute atomic E-state index is 4.49. The van der Waals surface area contributed by atoms with Crippen LogP contribution in [0.4, 0.5) is 17.5 Å². The van der Waals surface area contributed by atoms with Gasteiger partial charge in [0.2, 0.25) is 5.95 Å². The highest BCUT2D eigenvalue weighted by Gasteiger charge is 2.16. The summed E-state index contributed by atoms with van der Waals surface area (Å²) in [7, 11) is 2.18. The SMILES string of the molecule is C=C/C=C(\C=C)Nc1ccnc(Nc2ccc(SNC3CCN(C)CC3)cc2)n1. The lowest BCUT2D eigenvalue weighted by Crippen LogP contribution is -2.38. The minimum absolute atomic E-state index is 0.530. The van der Waals surface area contributed by atoms with Gasteiger partial charge in [0.1, 0.15) is 5.82 Å². The van der Waals surface area contributed by atoms with E-state index in [9.17, 15) is 0 Å². The number of rotatable bonds is 9. The number of nitrogens with zero attached hydrogens (tertiary/aromatic N) is 3. The standard InChI is InChI=1S/C22H28N6S/c1-4-6-17(5-2)24-21-11-14-23-22(26-21)25-18-7-9-20(10-8-18)29-27-19-12-15-28(3)16-13-19/h4-11,14,19,27H,1-2,12-13,15-16H2,3H3,(H2,23,24,25,26)/b17-6+. The van der Waals surface area contributed by atoms with Crippen molar-refractivity contribution in [3.63, 3.8) is 0 Å². The van der Waals surface area contributed by atoms with Crippen molar-refractivity contribution in [3.8, 4) is 0 Å². The highest BCUT2D eigenvalue weighted by Crippen LogP contribution is 2.22. The molecule has 6 nitrogen and oxygen atoms in total. The third kappa shape index (κ3) is 6.74. The van der Waals surface area contributed by atoms with Crippen molar-refractivity contribution in [3.05, 3.63) is 73.6 Å². The summed E-state index contributed by atoms with van der Waals surface area (Å²) in [4.78, 5) is 12.3. The molecule has 0 amide bonds. The number of hydrogen-bond donors (Lipinski definition) is 3. The van der Waals surface area contributed by atoms with Gasteiger partial charge in [0.05, 0.1) is 0 Å². The van der Waals surface area contributed by atoms with Gasteiger partial charge in [-0.25, -0.2) is 4.98 Å². The van der Waals surface area contributed by atoms with E-state index in [0.29, 0.717) is 17.8 Å². The Morgan fingerprint density at radius 2 is 1.93 bits per heavy atom. The Bertz CT molecular complexity index is 841. The van der Waals surface area contributed by atoms with Crippen molar-refractivity contribution < 1.29 is 0 Å². The van der Waals surface area contributed by atoms with Crippen LogP contribution in [0.3, 0.4) is 0 Å². The van der Waals surface area contributed by atoms with Crippen molar-refractivity contribution in [1.29, 1.82) is 0 Å². The van der Waals surface area contributed by atoms with E-state index in [1.807, 2.05) is 18.2 Å². The molecule has 7 heteroatoms. The summed E-state index contributed by atoms with van der Waals surface area (Å²) in [5.41, 5.74) is 1.76. The van der Waals surface area contributed by atoms with Crippen LogP contribution in [0.15, 0.2) is 78.5 Å². The summed E-state index contributed by atoms with van der Waals surface area (Å²) in [5, 5.41) is 6.42. The molecule has 0 aliphatic carbocycles. The molecule has 1 aromatic carbocycles. The van der Waals surface area contributed by atoms with Gasteiger partial charge in [0.15, 0.2) is 0 Å². The van der Waals surface area contributed by atoms with E-state index >= 15 is 0 Å². The number of nitrogens with one attached hydrogen (secondary N) is 3. The predicted molar refractivity (Wildman–Crippen MR) is 123 cm³/mol. The Morgan fingerprint density at radius 3 is 2.62 bits per heavy atom. The number of anilines is 3. The second-order valence-electron chi connectivity index (χ2n) is 6.90. The van der Waals surface area contributed by atoms with Gasteiger partial charge in [0, 0.05) is 28.5 Å². The Hall–Kier alpha value is -2.61. The molecule has 0 unspecified atom stereocenters. The van der Waals surface area contributed by atoms with Crippen LogP contribution in [-0.4, -0.2) is 41.0 Å². The summed E-state index contributed by atoms with van der Waals surface area (Å²) in [5.74, 6) is 1.21. The smallest absolute Gasteiger partial charge is 0.229 e. The van der Waals surface area contributed by atoms with Crippen LogP contribution in [0.1, 0.15) is 12.8 Å². The van der Waals surface area contributed by atoms with Crippen LogP contribution in [0.25, 0.3) is 0 Å². The van der Waals surface area contributed by atoms with Crippen molar-refractivity contribution in [2.75, 3.05) is 30.8 Å². The average Bonchev–Trinajstić information content (AvgIpc) is 2.74. The molecular weight excluding hydrogens is 380 g/mol. The molecule has 1 aromatic heterocycles. The molecule has 29 heavy (non-hydrogen) atoms. The van der Waals surface area contributed by atoms with E-state index in [0.717, 1.165) is 24.5 Å². The van der Waals surface area contributed by atoms with Gasteiger partial charge >= 0.3 is 0 Å². The summed E-state index contributed by atoms with van der Waals surface area (Å²) >= 11 is 1.70. The van der Waals surface area contributed by atoms with Gasteiger partial charge in [-0.1, -0.05) is 19.2 Å². The topological polar surface area (TPSA) is 65.1 Å². The fourth-order valence-corrected chi connectivity index (χ4v) is 3.75. The normalized spacial score (nSPS) is 15.7. The fourth-order valence-electron chi connectivity index (χ4n) is 2.94. The minimum atomic E-state index is 0.530. The molecule has 3 rings (SSSR count). The molecular formula is C22H28N6S. The molecule has 2 aromatic rings. The van der Waals surface area contributed by atoms with Gasteiger partial charge in [-0.15, -0.1) is 0 Å². The molecule has 1 aliphatic heterocycles. The largest absolute Gasteiger partial charge is 0.340 e. The first kappa shape index (κ1) is 21.1. The van der Waals surface area contributed by atoms with Gasteiger partial charge in [0.25, 0.3) is 0 Å². The molecule has 3 N–H and O–H groups in total. The highest BCUT2D eigenvalue weighted by atomic mass is 32.2. The lowest BCUT2D eigenvalue weighted by molar-refractivity contribution is 0.250. The predicted octanol–water partition coefficient (Wildman–Crippen LogP) is 4.58. The number of hydrogen-bond acceptors (Lipinski definition) is 7. The molecule has 0 saturated carbocycles. The molecule has 0 spiro atoms. The van der Waals surface area contributed by atoms with Crippen LogP contribution in [-0.2, 0) is 0 Å². The van der Waals surface area contributed by atoms with Crippen LogP contribution < -0.4 is 15.4 Å². The molecule has 1 saturated heterocycles. The van der Waals surface area contributed by atoms with Crippen LogP contribution in [0.5, 0.6) is 0 Å². The van der Waals surface area contributed by atoms with Crippen molar-refractivity contribution in [1.82, 2.24) is 19.6 Å². The maximum atomic E-state index is 4.49. The van der Waals surface area contributed by atoms with Gasteiger partial charge in [-0.05, 0) is 87.4 Å². The quantitative estimate of drug-likeness (QED) is 0.415. The number of likely N-dealkylation sites (tertiary alicyclic amines) is 1. The molecule has 0 atom stereocenters. The third-order valence-corrected chi connectivity index (χ3v) is 5.58. The first-order valence-electron chi connectivity index (χ1n) is 9.69. The third-order valence-electron chi connectivity index (χ3n) is 4.62. The van der Waals surface area contributed by atoms with Gasteiger partial charge < -0.3 is 15.5 Å². The molecule has 0 bridgehead atoms. The molecule has 152 valence electrons. The van der Waals surface area contributed by atoms with E-state index in [1.54, 1.807) is 36.4 Å². The number of aromatic nitrogens is 2. The van der Waals surface area contributed by atoms with Crippen LogP contribution >= 0.6 is 11.9 Å². The lowest BCUT2D eigenvalue weighted by atomic mass is 10.1. The monoisotopic (exact) mass is 408 g/mol. The zero-order chi connectivity index (χ0) is 20.5. The van der Waals surface area contributed by atoms with E-state index in [2.05, 4.69) is 62.6 Å². The Labute approximate surface area is 177 Å². The molecule has 1 fully saturated rings. The summed E-state index contributed by atoms with van der Waals surface area (Å²) in [6.07, 6.45) is 9.35. The van der Waals surface area contributed by atoms with Gasteiger partial charge in [-0.3, -0.25) is 4.72 Å². The summed E-state index contributed by atoms with van der Waals surface area (Å²) < 4.78 is 3.59. The Morgan fingerprint density at radius 1 is 1.17 bits per heavy atom. The van der Waals surface area contributed by atoms with E-state index < -0.39 is 0 Å². The summed E-state index contributed by atoms with van der Waals surface area (Å²) in [6.45, 7) is 9.79. The van der Waals surface area contributed by atoms with Crippen molar-refractivity contribution in [2.45, 2.75) is 23.8 Å². The highest BCUT2D eigenvalue weighted by molar-refractivity contribution is 7.97. The Balaban J connectivity index is 1.54. The van der Waals surface area contributed by atoms with E-state index in [4.69, 9.17) is 0 Å². The maximum Gasteiger partial charge on any atom is 0.229 e. The fraction of sp³-hybridized carbons (Fsp3) is 0.273. The lowest BCUT2D eigenvalue weighted by Gasteiger charge is -2.29. The van der Waals surface area contributed by atoms with Crippen LogP contribution in [0.2, 0.25) is 0 Å². The van der Waals surface area contributed by atoms with Crippen molar-refractivity contribution >= 4 is 29.4 Å². The zero-order valence-electron chi connectivity index (χ0n) is 16.8. The van der Waals surface area contributed by atoms with E-state index in [-0.39, 0.29) is 0 Å².